The third-order valence-corrected chi connectivity index (χ3v) is 3.92. The highest BCUT2D eigenvalue weighted by molar-refractivity contribution is 7.18. The molecule has 4 nitrogen and oxygen atoms in total. The number of nitrogens with two attached hydrogens (primary N) is 1. The molecule has 0 atom stereocenters. The molecule has 2 N–H and O–H groups in total. The van der Waals surface area contributed by atoms with Gasteiger partial charge in [-0.2, -0.15) is 0 Å². The molecular weight excluding hydrogens is 238 g/mol. The molecule has 0 fully saturated rings. The van der Waals surface area contributed by atoms with Crippen LogP contribution in [0.3, 0.4) is 0 Å². The van der Waals surface area contributed by atoms with E-state index in [2.05, 4.69) is 0 Å². The Morgan fingerprint density at radius 1 is 1.47 bits per heavy atom. The highest BCUT2D eigenvalue weighted by atomic mass is 32.1. The van der Waals surface area contributed by atoms with Gasteiger partial charge in [-0.3, -0.25) is 0 Å². The maximum absolute atomic E-state index is 11.5. The lowest BCUT2D eigenvalue weighted by Crippen LogP contribution is -2.01. The van der Waals surface area contributed by atoms with Gasteiger partial charge in [0.15, 0.2) is 0 Å². The number of ether oxygens (including phenoxy) is 1. The summed E-state index contributed by atoms with van der Waals surface area (Å²) in [6.45, 7) is 3.82. The van der Waals surface area contributed by atoms with Crippen molar-refractivity contribution >= 4 is 23.0 Å². The predicted molar refractivity (Wildman–Crippen MR) is 67.2 cm³/mol. The fourth-order valence-corrected chi connectivity index (χ4v) is 2.79. The van der Waals surface area contributed by atoms with Gasteiger partial charge < -0.3 is 14.9 Å². The highest BCUT2D eigenvalue weighted by Gasteiger charge is 2.22. The number of nitrogen functional groups attached to an aromatic ring is 1. The quantitative estimate of drug-likeness (QED) is 0.833. The summed E-state index contributed by atoms with van der Waals surface area (Å²) in [5.41, 5.74) is 8.24. The molecule has 0 radical (unpaired) electrons. The van der Waals surface area contributed by atoms with E-state index >= 15 is 0 Å². The molecule has 0 aromatic carbocycles. The van der Waals surface area contributed by atoms with Crippen LogP contribution >= 0.6 is 11.3 Å². The molecule has 2 rings (SSSR count). The first-order valence-electron chi connectivity index (χ1n) is 5.08. The van der Waals surface area contributed by atoms with Crippen LogP contribution in [0.25, 0.3) is 10.6 Å². The number of hydrogen-bond acceptors (Lipinski definition) is 5. The molecule has 0 amide bonds. The van der Waals surface area contributed by atoms with Crippen LogP contribution in [-0.4, -0.2) is 13.1 Å². The molecule has 0 aliphatic rings. The number of furan rings is 1. The molecular formula is C12H13NO3S. The minimum atomic E-state index is -0.411. The fourth-order valence-electron chi connectivity index (χ4n) is 1.59. The molecule has 5 heteroatoms. The van der Waals surface area contributed by atoms with E-state index in [1.807, 2.05) is 19.9 Å². The normalized spacial score (nSPS) is 10.5. The van der Waals surface area contributed by atoms with Gasteiger partial charge >= 0.3 is 5.97 Å². The first-order valence-corrected chi connectivity index (χ1v) is 5.89. The maximum atomic E-state index is 11.5. The lowest BCUT2D eigenvalue weighted by Gasteiger charge is -1.97. The van der Waals surface area contributed by atoms with Crippen LogP contribution in [0.4, 0.5) is 5.69 Å². The smallest absolute Gasteiger partial charge is 0.350 e. The molecule has 2 aromatic heterocycles. The van der Waals surface area contributed by atoms with Crippen molar-refractivity contribution in [2.75, 3.05) is 12.8 Å². The number of anilines is 1. The summed E-state index contributed by atoms with van der Waals surface area (Å²) >= 11 is 1.30. The SMILES string of the molecule is COC(=O)c1sc(-c2occc2C)c(C)c1N. The second-order valence-corrected chi connectivity index (χ2v) is 4.74. The van der Waals surface area contributed by atoms with Crippen molar-refractivity contribution in [3.8, 4) is 10.6 Å². The Morgan fingerprint density at radius 3 is 2.71 bits per heavy atom. The van der Waals surface area contributed by atoms with Gasteiger partial charge in [0.2, 0.25) is 0 Å². The predicted octanol–water partition coefficient (Wildman–Crippen LogP) is 2.99. The molecule has 0 bridgehead atoms. The van der Waals surface area contributed by atoms with E-state index in [1.165, 1.54) is 18.4 Å². The summed E-state index contributed by atoms with van der Waals surface area (Å²) in [6, 6.07) is 1.88. The monoisotopic (exact) mass is 251 g/mol. The van der Waals surface area contributed by atoms with Crippen molar-refractivity contribution in [2.24, 2.45) is 0 Å². The number of hydrogen-bond donors (Lipinski definition) is 1. The molecule has 0 aliphatic heterocycles. The lowest BCUT2D eigenvalue weighted by atomic mass is 10.1. The molecule has 90 valence electrons. The highest BCUT2D eigenvalue weighted by Crippen LogP contribution is 2.39. The van der Waals surface area contributed by atoms with E-state index in [-0.39, 0.29) is 0 Å². The summed E-state index contributed by atoms with van der Waals surface area (Å²) < 4.78 is 10.1. The van der Waals surface area contributed by atoms with Gasteiger partial charge in [-0.15, -0.1) is 11.3 Å². The summed E-state index contributed by atoms with van der Waals surface area (Å²) in [6.07, 6.45) is 1.62. The Bertz CT molecular complexity index is 568. The Balaban J connectivity index is 2.58. The average Bonchev–Trinajstić information content (AvgIpc) is 2.85. The Labute approximate surface area is 103 Å². The molecule has 17 heavy (non-hydrogen) atoms. The van der Waals surface area contributed by atoms with Gasteiger partial charge in [0, 0.05) is 0 Å². The van der Waals surface area contributed by atoms with Crippen LogP contribution in [0.5, 0.6) is 0 Å². The van der Waals surface area contributed by atoms with Gasteiger partial charge in [-0.05, 0) is 31.0 Å². The molecule has 0 unspecified atom stereocenters. The average molecular weight is 251 g/mol. The maximum Gasteiger partial charge on any atom is 0.350 e. The summed E-state index contributed by atoms with van der Waals surface area (Å²) in [4.78, 5) is 12.8. The van der Waals surface area contributed by atoms with Crippen LogP contribution in [0.15, 0.2) is 16.7 Å². The molecule has 0 saturated carbocycles. The van der Waals surface area contributed by atoms with Crippen molar-refractivity contribution < 1.29 is 13.9 Å². The van der Waals surface area contributed by atoms with Crippen LogP contribution in [0.1, 0.15) is 20.8 Å². The Kier molecular flexibility index (Phi) is 2.93. The van der Waals surface area contributed by atoms with Crippen molar-refractivity contribution in [3.05, 3.63) is 28.3 Å². The van der Waals surface area contributed by atoms with E-state index in [0.717, 1.165) is 21.8 Å². The van der Waals surface area contributed by atoms with Crippen molar-refractivity contribution in [3.63, 3.8) is 0 Å². The minimum absolute atomic E-state index is 0.411. The summed E-state index contributed by atoms with van der Waals surface area (Å²) in [5.74, 6) is 0.348. The second kappa shape index (κ2) is 4.25. The van der Waals surface area contributed by atoms with Gasteiger partial charge in [0.25, 0.3) is 0 Å². The molecule has 0 aliphatic carbocycles. The third-order valence-electron chi connectivity index (χ3n) is 2.63. The van der Waals surface area contributed by atoms with E-state index in [0.29, 0.717) is 10.6 Å². The van der Waals surface area contributed by atoms with Gasteiger partial charge in [0.1, 0.15) is 10.6 Å². The first-order chi connectivity index (χ1) is 8.06. The number of methoxy groups -OCH3 is 1. The van der Waals surface area contributed by atoms with Crippen LogP contribution in [0, 0.1) is 13.8 Å². The zero-order valence-corrected chi connectivity index (χ0v) is 10.7. The van der Waals surface area contributed by atoms with Crippen LogP contribution in [0.2, 0.25) is 0 Å². The first kappa shape index (κ1) is 11.7. The molecule has 2 heterocycles. The molecule has 0 saturated heterocycles. The van der Waals surface area contributed by atoms with Crippen LogP contribution < -0.4 is 5.73 Å². The fraction of sp³-hybridized carbons (Fsp3) is 0.250. The topological polar surface area (TPSA) is 65.5 Å². The summed E-state index contributed by atoms with van der Waals surface area (Å²) in [5, 5.41) is 0. The van der Waals surface area contributed by atoms with Crippen molar-refractivity contribution in [1.82, 2.24) is 0 Å². The number of carbonyl (C=O) groups excluding carboxylic acids is 1. The van der Waals surface area contributed by atoms with Crippen LogP contribution in [-0.2, 0) is 4.74 Å². The largest absolute Gasteiger partial charge is 0.465 e. The molecule has 0 spiro atoms. The number of thiophene rings is 1. The summed E-state index contributed by atoms with van der Waals surface area (Å²) in [7, 11) is 1.34. The number of carbonyl (C=O) groups is 1. The van der Waals surface area contributed by atoms with Crippen molar-refractivity contribution in [2.45, 2.75) is 13.8 Å². The van der Waals surface area contributed by atoms with E-state index in [9.17, 15) is 4.79 Å². The molecule has 2 aromatic rings. The number of esters is 1. The van der Waals surface area contributed by atoms with E-state index in [4.69, 9.17) is 14.9 Å². The lowest BCUT2D eigenvalue weighted by molar-refractivity contribution is 0.0607. The standard InChI is InChI=1S/C12H13NO3S/c1-6-4-5-16-9(6)10-7(2)8(13)11(17-10)12(14)15-3/h4-5H,13H2,1-3H3. The third kappa shape index (κ3) is 1.82. The zero-order valence-electron chi connectivity index (χ0n) is 9.87. The number of rotatable bonds is 2. The van der Waals surface area contributed by atoms with Gasteiger partial charge in [-0.25, -0.2) is 4.79 Å². The Hall–Kier alpha value is -1.75. The second-order valence-electron chi connectivity index (χ2n) is 3.72. The number of aryl methyl sites for hydroxylation is 1. The Morgan fingerprint density at radius 2 is 2.18 bits per heavy atom. The minimum Gasteiger partial charge on any atom is -0.465 e. The van der Waals surface area contributed by atoms with Gasteiger partial charge in [0.05, 0.1) is 23.9 Å². The van der Waals surface area contributed by atoms with E-state index < -0.39 is 5.97 Å². The van der Waals surface area contributed by atoms with E-state index in [1.54, 1.807) is 6.26 Å². The van der Waals surface area contributed by atoms with Gasteiger partial charge in [-0.1, -0.05) is 0 Å². The van der Waals surface area contributed by atoms with Crippen molar-refractivity contribution in [1.29, 1.82) is 0 Å². The zero-order chi connectivity index (χ0) is 12.6.